The molecule has 0 fully saturated rings. The Labute approximate surface area is 329 Å². The molecule has 14 nitrogen and oxygen atoms in total. The van der Waals surface area contributed by atoms with E-state index in [9.17, 15) is 19.2 Å². The number of hydrogen-bond donors (Lipinski definition) is 3. The first-order valence-electron chi connectivity index (χ1n) is 20.0. The average molecular weight is 772 g/mol. The fourth-order valence-electron chi connectivity index (χ4n) is 5.52. The van der Waals surface area contributed by atoms with Crippen LogP contribution in [0.4, 0.5) is 19.2 Å². The zero-order valence-electron chi connectivity index (χ0n) is 35.1. The highest BCUT2D eigenvalue weighted by atomic mass is 16.6. The molecule has 2 rings (SSSR count). The molecule has 0 saturated heterocycles. The van der Waals surface area contributed by atoms with Gasteiger partial charge in [-0.05, 0) is 93.6 Å². The maximum Gasteiger partial charge on any atom is 0.417 e. The molecule has 0 aliphatic carbocycles. The van der Waals surface area contributed by atoms with E-state index in [0.717, 1.165) is 82.6 Å². The van der Waals surface area contributed by atoms with Gasteiger partial charge < -0.3 is 19.1 Å². The van der Waals surface area contributed by atoms with E-state index < -0.39 is 35.1 Å². The van der Waals surface area contributed by atoms with Crippen molar-refractivity contribution in [3.63, 3.8) is 0 Å². The summed E-state index contributed by atoms with van der Waals surface area (Å²) in [6, 6.07) is 9.16. The van der Waals surface area contributed by atoms with Gasteiger partial charge in [0.05, 0.1) is 6.54 Å². The van der Waals surface area contributed by atoms with Gasteiger partial charge in [0.15, 0.2) is 0 Å². The molecule has 0 bridgehead atoms. The van der Waals surface area contributed by atoms with Crippen LogP contribution in [0, 0.1) is 0 Å². The molecule has 0 atom stereocenters. The molecule has 1 heterocycles. The predicted octanol–water partition coefficient (Wildman–Crippen LogP) is 8.89. The summed E-state index contributed by atoms with van der Waals surface area (Å²) in [5.74, 6) is 0.187. The standard InChI is InChI=1S/C41H69N7O7/c1-39(2,3)53-36(50)45-33-42-27-21-14-10-12-16-23-29-47(35(49)44-33)30-24-17-13-11-15-22-28-43-34(46-37(51)54-40(4,5)6)48(38(52)55-41(7,8)9)31-32-25-19-18-20-26-32/h18-20,25-26H,10-17,21-24,27-31H2,1-9H3,(H,43,46,51)(H2,42,44,45,49,50). The minimum atomic E-state index is -0.757. The third-order valence-electron chi connectivity index (χ3n) is 8.00. The maximum absolute atomic E-state index is 13.4. The van der Waals surface area contributed by atoms with Crippen LogP contribution in [-0.2, 0) is 20.8 Å². The lowest BCUT2D eigenvalue weighted by atomic mass is 10.1. The Morgan fingerprint density at radius 2 is 1.33 bits per heavy atom. The fourth-order valence-corrected chi connectivity index (χ4v) is 5.52. The third kappa shape index (κ3) is 22.6. The second-order valence-corrected chi connectivity index (χ2v) is 16.9. The number of unbranched alkanes of at least 4 members (excludes halogenated alkanes) is 5. The van der Waals surface area contributed by atoms with Crippen LogP contribution < -0.4 is 16.0 Å². The highest BCUT2D eigenvalue weighted by Gasteiger charge is 2.29. The van der Waals surface area contributed by atoms with Gasteiger partial charge in [-0.25, -0.2) is 24.1 Å². The molecule has 0 aromatic heterocycles. The van der Waals surface area contributed by atoms with E-state index in [-0.39, 0.29) is 24.5 Å². The SMILES string of the molecule is CC(C)(C)OC(=O)NC1=NCCCCCCCCN(CCCCCCCCN=C(NC(=O)OC(C)(C)C)N(Cc2ccccc2)C(=O)OC(C)(C)C)C(=O)N1. The van der Waals surface area contributed by atoms with E-state index in [0.29, 0.717) is 26.2 Å². The number of urea groups is 1. The number of alkyl carbamates (subject to hydrolysis) is 2. The van der Waals surface area contributed by atoms with Crippen LogP contribution >= 0.6 is 0 Å². The lowest BCUT2D eigenvalue weighted by Crippen LogP contribution is -2.50. The van der Waals surface area contributed by atoms with E-state index >= 15 is 0 Å². The molecule has 0 spiro atoms. The smallest absolute Gasteiger partial charge is 0.417 e. The molecule has 5 amide bonds. The van der Waals surface area contributed by atoms with Gasteiger partial charge in [-0.2, -0.15) is 0 Å². The Kier molecular flexibility index (Phi) is 20.0. The van der Waals surface area contributed by atoms with E-state index in [4.69, 9.17) is 14.2 Å². The molecule has 0 unspecified atom stereocenters. The predicted molar refractivity (Wildman–Crippen MR) is 217 cm³/mol. The number of benzene rings is 1. The van der Waals surface area contributed by atoms with Crippen molar-refractivity contribution in [3.05, 3.63) is 35.9 Å². The number of hydrogen-bond acceptors (Lipinski definition) is 9. The van der Waals surface area contributed by atoms with Crippen molar-refractivity contribution in [2.75, 3.05) is 26.2 Å². The van der Waals surface area contributed by atoms with Gasteiger partial charge in [-0.3, -0.25) is 25.9 Å². The minimum Gasteiger partial charge on any atom is -0.444 e. The lowest BCUT2D eigenvalue weighted by molar-refractivity contribution is 0.0346. The van der Waals surface area contributed by atoms with E-state index in [1.807, 2.05) is 35.2 Å². The van der Waals surface area contributed by atoms with Crippen LogP contribution in [0.2, 0.25) is 0 Å². The topological polar surface area (TPSA) is 163 Å². The van der Waals surface area contributed by atoms with Gasteiger partial charge in [0.2, 0.25) is 11.9 Å². The first-order valence-corrected chi connectivity index (χ1v) is 20.0. The third-order valence-corrected chi connectivity index (χ3v) is 8.00. The second kappa shape index (κ2) is 23.5. The van der Waals surface area contributed by atoms with Gasteiger partial charge in [-0.15, -0.1) is 0 Å². The van der Waals surface area contributed by atoms with Gasteiger partial charge in [0.1, 0.15) is 16.8 Å². The quantitative estimate of drug-likeness (QED) is 0.0876. The van der Waals surface area contributed by atoms with Gasteiger partial charge >= 0.3 is 24.3 Å². The Morgan fingerprint density at radius 3 is 1.96 bits per heavy atom. The molecule has 0 radical (unpaired) electrons. The van der Waals surface area contributed by atoms with Gasteiger partial charge in [0, 0.05) is 26.2 Å². The molecule has 310 valence electrons. The zero-order chi connectivity index (χ0) is 40.9. The lowest BCUT2D eigenvalue weighted by Gasteiger charge is -2.29. The summed E-state index contributed by atoms with van der Waals surface area (Å²) in [6.07, 6.45) is 9.53. The van der Waals surface area contributed by atoms with Gasteiger partial charge in [0.25, 0.3) is 0 Å². The average Bonchev–Trinajstić information content (AvgIpc) is 3.06. The molecular formula is C41H69N7O7. The van der Waals surface area contributed by atoms with Crippen LogP contribution in [-0.4, -0.2) is 89.0 Å². The number of guanidine groups is 2. The number of ether oxygens (including phenoxy) is 3. The normalized spacial score (nSPS) is 15.3. The first kappa shape index (κ1) is 46.8. The number of rotatable bonds is 11. The van der Waals surface area contributed by atoms with Crippen LogP contribution in [0.3, 0.4) is 0 Å². The highest BCUT2D eigenvalue weighted by Crippen LogP contribution is 2.16. The summed E-state index contributed by atoms with van der Waals surface area (Å²) < 4.78 is 16.6. The summed E-state index contributed by atoms with van der Waals surface area (Å²) >= 11 is 0. The fraction of sp³-hybridized carbons (Fsp3) is 0.707. The molecule has 55 heavy (non-hydrogen) atoms. The van der Waals surface area contributed by atoms with E-state index in [1.54, 1.807) is 62.3 Å². The number of nitrogens with zero attached hydrogens (tertiary/aromatic N) is 4. The number of amides is 5. The minimum absolute atomic E-state index is 0.0711. The van der Waals surface area contributed by atoms with Crippen molar-refractivity contribution < 1.29 is 33.4 Å². The number of carbonyl (C=O) groups is 4. The molecule has 1 aliphatic heterocycles. The molecule has 0 saturated carbocycles. The molecule has 14 heteroatoms. The Bertz CT molecular complexity index is 1400. The van der Waals surface area contributed by atoms with Crippen molar-refractivity contribution in [1.82, 2.24) is 25.8 Å². The van der Waals surface area contributed by atoms with Crippen LogP contribution in [0.15, 0.2) is 40.3 Å². The van der Waals surface area contributed by atoms with Crippen molar-refractivity contribution in [1.29, 1.82) is 0 Å². The summed E-state index contributed by atoms with van der Waals surface area (Å²) in [7, 11) is 0. The molecule has 1 aromatic rings. The number of carbonyl (C=O) groups excluding carboxylic acids is 4. The van der Waals surface area contributed by atoms with Crippen molar-refractivity contribution in [2.24, 2.45) is 9.98 Å². The van der Waals surface area contributed by atoms with Gasteiger partial charge in [-0.1, -0.05) is 81.7 Å². The maximum atomic E-state index is 13.4. The molecule has 1 aromatic carbocycles. The summed E-state index contributed by atoms with van der Waals surface area (Å²) in [5, 5.41) is 8.14. The van der Waals surface area contributed by atoms with Crippen LogP contribution in [0.5, 0.6) is 0 Å². The summed E-state index contributed by atoms with van der Waals surface area (Å²) in [5.41, 5.74) is -1.33. The van der Waals surface area contributed by atoms with Crippen LogP contribution in [0.1, 0.15) is 145 Å². The summed E-state index contributed by atoms with van der Waals surface area (Å²) in [6.45, 7) is 18.3. The zero-order valence-corrected chi connectivity index (χ0v) is 35.1. The van der Waals surface area contributed by atoms with Crippen molar-refractivity contribution >= 4 is 36.2 Å². The largest absolute Gasteiger partial charge is 0.444 e. The Morgan fingerprint density at radius 1 is 0.764 bits per heavy atom. The Balaban J connectivity index is 1.99. The Hall–Kier alpha value is -4.36. The van der Waals surface area contributed by atoms with Crippen molar-refractivity contribution in [2.45, 2.75) is 163 Å². The second-order valence-electron chi connectivity index (χ2n) is 16.9. The number of nitrogens with one attached hydrogen (secondary N) is 3. The first-order chi connectivity index (χ1) is 25.8. The van der Waals surface area contributed by atoms with E-state index in [1.165, 1.54) is 4.90 Å². The molecular weight excluding hydrogens is 702 g/mol. The van der Waals surface area contributed by atoms with Crippen LogP contribution in [0.25, 0.3) is 0 Å². The molecule has 1 aliphatic rings. The highest BCUT2D eigenvalue weighted by molar-refractivity contribution is 6.03. The van der Waals surface area contributed by atoms with Crippen molar-refractivity contribution in [3.8, 4) is 0 Å². The summed E-state index contributed by atoms with van der Waals surface area (Å²) in [4.78, 5) is 64.4. The number of aliphatic imine (C=N–C) groups is 2. The van der Waals surface area contributed by atoms with E-state index in [2.05, 4.69) is 25.9 Å². The monoisotopic (exact) mass is 772 g/mol. The molecule has 3 N–H and O–H groups in total.